The second kappa shape index (κ2) is 9.68. The molecule has 2 heterocycles. The van der Waals surface area contributed by atoms with E-state index >= 15 is 0 Å². The molecule has 0 aliphatic rings. The third kappa shape index (κ3) is 3.75. The minimum atomic E-state index is 0.609. The molecule has 0 fully saturated rings. The Hall–Kier alpha value is -5.26. The van der Waals surface area contributed by atoms with Gasteiger partial charge in [-0.05, 0) is 64.7 Å². The lowest BCUT2D eigenvalue weighted by molar-refractivity contribution is 1.46. The van der Waals surface area contributed by atoms with Crippen molar-refractivity contribution < 1.29 is 0 Å². The standard InChI is InChI=1S/C38H20N2S2/c39-21-24-8-1-2-9-26(24)25-18-31(23-16-17-28-27-10-3-5-13-34(27)42-37(28)20-23)33(22-40)32(19-25)29-12-7-15-36-38(29)30-11-4-6-14-35(30)41-36/h1-20H. The Bertz CT molecular complexity index is 2450. The maximum Gasteiger partial charge on any atom is 0.100 e. The molecule has 0 saturated carbocycles. The number of thiophene rings is 2. The lowest BCUT2D eigenvalue weighted by Gasteiger charge is -2.16. The number of hydrogen-bond donors (Lipinski definition) is 0. The first-order chi connectivity index (χ1) is 20.7. The summed E-state index contributed by atoms with van der Waals surface area (Å²) in [7, 11) is 0. The molecule has 0 amide bonds. The van der Waals surface area contributed by atoms with Gasteiger partial charge >= 0.3 is 0 Å². The minimum Gasteiger partial charge on any atom is -0.192 e. The molecule has 6 aromatic carbocycles. The van der Waals surface area contributed by atoms with E-state index < -0.39 is 0 Å². The molecular formula is C38H20N2S2. The maximum atomic E-state index is 10.8. The van der Waals surface area contributed by atoms with Crippen molar-refractivity contribution in [3.05, 3.63) is 132 Å². The maximum absolute atomic E-state index is 10.8. The van der Waals surface area contributed by atoms with Crippen LogP contribution in [0.4, 0.5) is 0 Å². The fraction of sp³-hybridized carbons (Fsp3) is 0. The molecule has 42 heavy (non-hydrogen) atoms. The van der Waals surface area contributed by atoms with Crippen molar-refractivity contribution in [2.75, 3.05) is 0 Å². The second-order valence-electron chi connectivity index (χ2n) is 10.3. The zero-order chi connectivity index (χ0) is 28.2. The lowest BCUT2D eigenvalue weighted by atomic mass is 9.86. The summed E-state index contributed by atoms with van der Waals surface area (Å²) in [5.41, 5.74) is 6.79. The first kappa shape index (κ1) is 24.5. The van der Waals surface area contributed by atoms with Crippen LogP contribution in [-0.2, 0) is 0 Å². The highest BCUT2D eigenvalue weighted by molar-refractivity contribution is 7.26. The minimum absolute atomic E-state index is 0.609. The highest BCUT2D eigenvalue weighted by Crippen LogP contribution is 2.45. The van der Waals surface area contributed by atoms with Crippen LogP contribution >= 0.6 is 22.7 Å². The molecule has 0 N–H and O–H groups in total. The number of hydrogen-bond acceptors (Lipinski definition) is 4. The van der Waals surface area contributed by atoms with E-state index in [1.807, 2.05) is 24.3 Å². The van der Waals surface area contributed by atoms with Gasteiger partial charge in [0.25, 0.3) is 0 Å². The monoisotopic (exact) mass is 568 g/mol. The zero-order valence-electron chi connectivity index (χ0n) is 22.3. The molecule has 8 rings (SSSR count). The molecule has 0 saturated heterocycles. The summed E-state index contributed by atoms with van der Waals surface area (Å²) in [6, 6.07) is 46.6. The molecule has 194 valence electrons. The van der Waals surface area contributed by atoms with E-state index in [0.717, 1.165) is 38.8 Å². The third-order valence-electron chi connectivity index (χ3n) is 7.99. The van der Waals surface area contributed by atoms with Crippen molar-refractivity contribution >= 4 is 63.0 Å². The Kier molecular flexibility index (Phi) is 5.66. The molecule has 4 heteroatoms. The fourth-order valence-electron chi connectivity index (χ4n) is 6.08. The van der Waals surface area contributed by atoms with Crippen LogP contribution < -0.4 is 0 Å². The lowest BCUT2D eigenvalue weighted by Crippen LogP contribution is -1.94. The van der Waals surface area contributed by atoms with Crippen LogP contribution in [0.15, 0.2) is 121 Å². The fourth-order valence-corrected chi connectivity index (χ4v) is 8.36. The van der Waals surface area contributed by atoms with Gasteiger partial charge in [0.15, 0.2) is 0 Å². The SMILES string of the molecule is N#Cc1ccccc1-c1cc(-c2ccc3c(c2)sc2ccccc23)c(C#N)c(-c2cccc3sc4ccccc4c23)c1. The molecule has 0 bridgehead atoms. The van der Waals surface area contributed by atoms with Crippen LogP contribution in [0.3, 0.4) is 0 Å². The summed E-state index contributed by atoms with van der Waals surface area (Å²) in [5, 5.41) is 25.5. The van der Waals surface area contributed by atoms with E-state index in [2.05, 4.69) is 109 Å². The van der Waals surface area contributed by atoms with E-state index in [-0.39, 0.29) is 0 Å². The predicted octanol–water partition coefficient (Wildman–Crippen LogP) is 11.2. The van der Waals surface area contributed by atoms with E-state index in [1.165, 1.54) is 35.0 Å². The van der Waals surface area contributed by atoms with Crippen molar-refractivity contribution in [1.29, 1.82) is 10.5 Å². The number of fused-ring (bicyclic) bond motifs is 6. The molecule has 2 nitrogen and oxygen atoms in total. The van der Waals surface area contributed by atoms with Crippen LogP contribution in [0.1, 0.15) is 11.1 Å². The normalized spacial score (nSPS) is 11.3. The average molecular weight is 569 g/mol. The molecule has 0 radical (unpaired) electrons. The Labute approximate surface area is 250 Å². The van der Waals surface area contributed by atoms with E-state index in [1.54, 1.807) is 22.7 Å². The molecule has 0 spiro atoms. The average Bonchev–Trinajstić information content (AvgIpc) is 3.62. The largest absolute Gasteiger partial charge is 0.192 e. The number of benzene rings is 6. The van der Waals surface area contributed by atoms with Gasteiger partial charge in [-0.2, -0.15) is 10.5 Å². The van der Waals surface area contributed by atoms with Gasteiger partial charge in [0, 0.05) is 51.5 Å². The molecule has 0 atom stereocenters. The van der Waals surface area contributed by atoms with Gasteiger partial charge < -0.3 is 0 Å². The van der Waals surface area contributed by atoms with E-state index in [9.17, 15) is 10.5 Å². The van der Waals surface area contributed by atoms with Crippen molar-refractivity contribution in [2.24, 2.45) is 0 Å². The topological polar surface area (TPSA) is 47.6 Å². The first-order valence-corrected chi connectivity index (χ1v) is 15.3. The Morgan fingerprint density at radius 2 is 1.07 bits per heavy atom. The summed E-state index contributed by atoms with van der Waals surface area (Å²) in [4.78, 5) is 0. The number of nitriles is 2. The van der Waals surface area contributed by atoms with Gasteiger partial charge in [-0.15, -0.1) is 22.7 Å². The second-order valence-corrected chi connectivity index (χ2v) is 12.5. The van der Waals surface area contributed by atoms with Gasteiger partial charge in [0.1, 0.15) is 6.07 Å². The number of rotatable bonds is 3. The van der Waals surface area contributed by atoms with Gasteiger partial charge in [-0.1, -0.05) is 78.9 Å². The molecule has 8 aromatic rings. The first-order valence-electron chi connectivity index (χ1n) is 13.6. The van der Waals surface area contributed by atoms with Gasteiger partial charge in [-0.3, -0.25) is 0 Å². The van der Waals surface area contributed by atoms with Crippen LogP contribution in [0.25, 0.3) is 73.7 Å². The van der Waals surface area contributed by atoms with E-state index in [4.69, 9.17) is 0 Å². The summed E-state index contributed by atoms with van der Waals surface area (Å²) in [5.74, 6) is 0. The highest BCUT2D eigenvalue weighted by atomic mass is 32.1. The van der Waals surface area contributed by atoms with Crippen LogP contribution in [0, 0.1) is 22.7 Å². The van der Waals surface area contributed by atoms with Gasteiger partial charge in [-0.25, -0.2) is 0 Å². The highest BCUT2D eigenvalue weighted by Gasteiger charge is 2.20. The van der Waals surface area contributed by atoms with E-state index in [0.29, 0.717) is 11.1 Å². The Morgan fingerprint density at radius 3 is 1.90 bits per heavy atom. The van der Waals surface area contributed by atoms with Gasteiger partial charge in [0.2, 0.25) is 0 Å². The Morgan fingerprint density at radius 1 is 0.429 bits per heavy atom. The molecule has 0 unspecified atom stereocenters. The summed E-state index contributed by atoms with van der Waals surface area (Å²) >= 11 is 3.54. The van der Waals surface area contributed by atoms with Crippen LogP contribution in [-0.4, -0.2) is 0 Å². The smallest absolute Gasteiger partial charge is 0.100 e. The third-order valence-corrected chi connectivity index (χ3v) is 10.3. The molecule has 0 aliphatic heterocycles. The zero-order valence-corrected chi connectivity index (χ0v) is 23.9. The Balaban J connectivity index is 1.47. The quantitative estimate of drug-likeness (QED) is 0.213. The van der Waals surface area contributed by atoms with Crippen molar-refractivity contribution in [2.45, 2.75) is 0 Å². The summed E-state index contributed by atoms with van der Waals surface area (Å²) in [6.45, 7) is 0. The summed E-state index contributed by atoms with van der Waals surface area (Å²) < 4.78 is 4.85. The number of nitrogens with zero attached hydrogens (tertiary/aromatic N) is 2. The predicted molar refractivity (Wildman–Crippen MR) is 178 cm³/mol. The van der Waals surface area contributed by atoms with Crippen LogP contribution in [0.5, 0.6) is 0 Å². The summed E-state index contributed by atoms with van der Waals surface area (Å²) in [6.07, 6.45) is 0. The van der Waals surface area contributed by atoms with Crippen molar-refractivity contribution in [3.8, 4) is 45.5 Å². The van der Waals surface area contributed by atoms with Crippen molar-refractivity contribution in [1.82, 2.24) is 0 Å². The molecular weight excluding hydrogens is 549 g/mol. The van der Waals surface area contributed by atoms with Gasteiger partial charge in [0.05, 0.1) is 17.2 Å². The molecule has 0 aliphatic carbocycles. The molecule has 2 aromatic heterocycles. The van der Waals surface area contributed by atoms with Crippen LogP contribution in [0.2, 0.25) is 0 Å². The van der Waals surface area contributed by atoms with Crippen molar-refractivity contribution in [3.63, 3.8) is 0 Å².